The van der Waals surface area contributed by atoms with Crippen LogP contribution >= 0.6 is 0 Å². The molecule has 0 bridgehead atoms. The molecule has 18 heavy (non-hydrogen) atoms. The van der Waals surface area contributed by atoms with Crippen molar-refractivity contribution in [2.75, 3.05) is 25.6 Å². The number of halogens is 1. The predicted octanol–water partition coefficient (Wildman–Crippen LogP) is 1.52. The molecule has 5 nitrogen and oxygen atoms in total. The van der Waals surface area contributed by atoms with Gasteiger partial charge in [0.25, 0.3) is 0 Å². The zero-order chi connectivity index (χ0) is 13.1. The Kier molecular flexibility index (Phi) is 3.66. The smallest absolute Gasteiger partial charge is 0.337 e. The van der Waals surface area contributed by atoms with Crippen LogP contribution in [0.4, 0.5) is 10.1 Å². The normalized spacial score (nSPS) is 18.8. The third-order valence-corrected chi connectivity index (χ3v) is 2.83. The molecule has 1 fully saturated rings. The van der Waals surface area contributed by atoms with Gasteiger partial charge in [0.1, 0.15) is 0 Å². The molecule has 3 N–H and O–H groups in total. The van der Waals surface area contributed by atoms with Crippen LogP contribution in [0.5, 0.6) is 5.75 Å². The van der Waals surface area contributed by atoms with E-state index < -0.39 is 11.8 Å². The molecule has 0 spiro atoms. The van der Waals surface area contributed by atoms with Crippen LogP contribution in [0.15, 0.2) is 12.1 Å². The van der Waals surface area contributed by atoms with Crippen molar-refractivity contribution in [1.29, 1.82) is 0 Å². The number of carboxylic acids is 1. The molecule has 1 aromatic rings. The predicted molar refractivity (Wildman–Crippen MR) is 62.2 cm³/mol. The van der Waals surface area contributed by atoms with Crippen molar-refractivity contribution in [3.8, 4) is 5.75 Å². The molecular formula is C12H14FNO4. The van der Waals surface area contributed by atoms with Crippen molar-refractivity contribution in [3.63, 3.8) is 0 Å². The first-order valence-electron chi connectivity index (χ1n) is 5.60. The Balaban J connectivity index is 2.11. The standard InChI is InChI=1S/C12H14FNO4/c13-9-4-10(14)8(12(15)16)3-11(9)18-6-7-1-2-17-5-7/h3-4,7H,1-2,5-6,14H2,(H,15,16). The Hall–Kier alpha value is -1.82. The van der Waals surface area contributed by atoms with Crippen molar-refractivity contribution in [1.82, 2.24) is 0 Å². The number of aromatic carboxylic acids is 1. The third kappa shape index (κ3) is 2.70. The minimum absolute atomic E-state index is 0.0894. The van der Waals surface area contributed by atoms with Crippen LogP contribution in [0.3, 0.4) is 0 Å². The lowest BCUT2D eigenvalue weighted by molar-refractivity contribution is 0.0697. The van der Waals surface area contributed by atoms with E-state index in [2.05, 4.69) is 0 Å². The van der Waals surface area contributed by atoms with Gasteiger partial charge in [0, 0.05) is 24.3 Å². The molecule has 6 heteroatoms. The number of anilines is 1. The number of hydrogen-bond acceptors (Lipinski definition) is 4. The van der Waals surface area contributed by atoms with Gasteiger partial charge < -0.3 is 20.3 Å². The first-order valence-corrected chi connectivity index (χ1v) is 5.60. The summed E-state index contributed by atoms with van der Waals surface area (Å²) in [4.78, 5) is 10.9. The number of rotatable bonds is 4. The Morgan fingerprint density at radius 3 is 3.00 bits per heavy atom. The summed E-state index contributed by atoms with van der Waals surface area (Å²) in [7, 11) is 0. The quantitative estimate of drug-likeness (QED) is 0.797. The van der Waals surface area contributed by atoms with Crippen LogP contribution in [0, 0.1) is 11.7 Å². The van der Waals surface area contributed by atoms with Crippen LogP contribution in [0.25, 0.3) is 0 Å². The topological polar surface area (TPSA) is 81.8 Å². The van der Waals surface area contributed by atoms with Gasteiger partial charge in [-0.1, -0.05) is 0 Å². The fraction of sp³-hybridized carbons (Fsp3) is 0.417. The van der Waals surface area contributed by atoms with Gasteiger partial charge in [-0.25, -0.2) is 9.18 Å². The van der Waals surface area contributed by atoms with Crippen molar-refractivity contribution in [3.05, 3.63) is 23.5 Å². The highest BCUT2D eigenvalue weighted by Gasteiger charge is 2.19. The summed E-state index contributed by atoms with van der Waals surface area (Å²) in [6.07, 6.45) is 0.863. The second-order valence-electron chi connectivity index (χ2n) is 4.22. The maximum atomic E-state index is 13.5. The summed E-state index contributed by atoms with van der Waals surface area (Å²) in [5, 5.41) is 8.88. The van der Waals surface area contributed by atoms with E-state index in [9.17, 15) is 9.18 Å². The maximum absolute atomic E-state index is 13.5. The van der Waals surface area contributed by atoms with E-state index in [1.54, 1.807) is 0 Å². The fourth-order valence-electron chi connectivity index (χ4n) is 1.79. The number of nitrogens with two attached hydrogens (primary N) is 1. The molecular weight excluding hydrogens is 241 g/mol. The monoisotopic (exact) mass is 255 g/mol. The maximum Gasteiger partial charge on any atom is 0.337 e. The summed E-state index contributed by atoms with van der Waals surface area (Å²) >= 11 is 0. The van der Waals surface area contributed by atoms with E-state index in [1.807, 2.05) is 0 Å². The Morgan fingerprint density at radius 1 is 1.61 bits per heavy atom. The van der Waals surface area contributed by atoms with Crippen molar-refractivity contribution in [2.45, 2.75) is 6.42 Å². The van der Waals surface area contributed by atoms with E-state index in [0.29, 0.717) is 19.8 Å². The van der Waals surface area contributed by atoms with Crippen LogP contribution in [-0.2, 0) is 4.74 Å². The summed E-state index contributed by atoms with van der Waals surface area (Å²) in [5.74, 6) is -1.73. The zero-order valence-electron chi connectivity index (χ0n) is 9.69. The first kappa shape index (κ1) is 12.6. The molecule has 0 radical (unpaired) electrons. The molecule has 0 amide bonds. The molecule has 1 unspecified atom stereocenters. The molecule has 1 aliphatic rings. The van der Waals surface area contributed by atoms with Crippen LogP contribution < -0.4 is 10.5 Å². The first-order chi connectivity index (χ1) is 8.58. The molecule has 1 atom stereocenters. The highest BCUT2D eigenvalue weighted by molar-refractivity contribution is 5.94. The van der Waals surface area contributed by atoms with Gasteiger partial charge >= 0.3 is 5.97 Å². The number of ether oxygens (including phenoxy) is 2. The molecule has 98 valence electrons. The summed E-state index contributed by atoms with van der Waals surface area (Å²) in [6.45, 7) is 1.57. The SMILES string of the molecule is Nc1cc(F)c(OCC2CCOC2)cc1C(=O)O. The number of nitrogen functional groups attached to an aromatic ring is 1. The van der Waals surface area contributed by atoms with Gasteiger partial charge in [-0.3, -0.25) is 0 Å². The lowest BCUT2D eigenvalue weighted by atomic mass is 10.1. The molecule has 1 heterocycles. The number of carbonyl (C=O) groups is 1. The minimum atomic E-state index is -1.21. The molecule has 0 aliphatic carbocycles. The van der Waals surface area contributed by atoms with Crippen LogP contribution in [-0.4, -0.2) is 30.9 Å². The molecule has 2 rings (SSSR count). The lowest BCUT2D eigenvalue weighted by Gasteiger charge is -2.12. The van der Waals surface area contributed by atoms with Crippen molar-refractivity contribution >= 4 is 11.7 Å². The highest BCUT2D eigenvalue weighted by atomic mass is 19.1. The van der Waals surface area contributed by atoms with Gasteiger partial charge in [0.15, 0.2) is 11.6 Å². The minimum Gasteiger partial charge on any atom is -0.490 e. The van der Waals surface area contributed by atoms with Crippen LogP contribution in [0.1, 0.15) is 16.8 Å². The summed E-state index contributed by atoms with van der Waals surface area (Å²) < 4.78 is 24.0. The Labute approximate surface area is 103 Å². The second-order valence-corrected chi connectivity index (χ2v) is 4.22. The Bertz CT molecular complexity index is 458. The molecule has 0 saturated carbocycles. The number of benzene rings is 1. The average Bonchev–Trinajstić information content (AvgIpc) is 2.80. The van der Waals surface area contributed by atoms with Gasteiger partial charge in [-0.05, 0) is 12.5 Å². The second kappa shape index (κ2) is 5.22. The lowest BCUT2D eigenvalue weighted by Crippen LogP contribution is -2.13. The van der Waals surface area contributed by atoms with Gasteiger partial charge in [0.2, 0.25) is 0 Å². The van der Waals surface area contributed by atoms with Gasteiger partial charge in [0.05, 0.1) is 18.8 Å². The van der Waals surface area contributed by atoms with E-state index in [-0.39, 0.29) is 22.9 Å². The van der Waals surface area contributed by atoms with E-state index in [0.717, 1.165) is 18.6 Å². The van der Waals surface area contributed by atoms with Crippen molar-refractivity contribution < 1.29 is 23.8 Å². The average molecular weight is 255 g/mol. The van der Waals surface area contributed by atoms with Gasteiger partial charge in [-0.2, -0.15) is 0 Å². The largest absolute Gasteiger partial charge is 0.490 e. The Morgan fingerprint density at radius 2 is 2.39 bits per heavy atom. The number of hydrogen-bond donors (Lipinski definition) is 2. The van der Waals surface area contributed by atoms with Gasteiger partial charge in [-0.15, -0.1) is 0 Å². The van der Waals surface area contributed by atoms with E-state index in [4.69, 9.17) is 20.3 Å². The molecule has 1 saturated heterocycles. The van der Waals surface area contributed by atoms with E-state index >= 15 is 0 Å². The molecule has 1 aliphatic heterocycles. The van der Waals surface area contributed by atoms with E-state index in [1.165, 1.54) is 0 Å². The summed E-state index contributed by atoms with van der Waals surface area (Å²) in [5.41, 5.74) is 5.14. The fourth-order valence-corrected chi connectivity index (χ4v) is 1.79. The molecule has 0 aromatic heterocycles. The highest BCUT2D eigenvalue weighted by Crippen LogP contribution is 2.25. The summed E-state index contributed by atoms with van der Waals surface area (Å²) in [6, 6.07) is 2.08. The zero-order valence-corrected chi connectivity index (χ0v) is 9.69. The van der Waals surface area contributed by atoms with Crippen LogP contribution in [0.2, 0.25) is 0 Å². The number of carboxylic acid groups (broad SMARTS) is 1. The third-order valence-electron chi connectivity index (χ3n) is 2.83. The van der Waals surface area contributed by atoms with Crippen molar-refractivity contribution in [2.24, 2.45) is 5.92 Å². The molecule has 1 aromatic carbocycles.